The number of amides is 1. The summed E-state index contributed by atoms with van der Waals surface area (Å²) in [4.78, 5) is 13.8. The van der Waals surface area contributed by atoms with Crippen LogP contribution in [0.1, 0.15) is 49.4 Å². The molecule has 2 rings (SSSR count). The second-order valence-corrected chi connectivity index (χ2v) is 6.64. The van der Waals surface area contributed by atoms with Crippen LogP contribution in [0.2, 0.25) is 0 Å². The zero-order valence-corrected chi connectivity index (χ0v) is 14.1. The van der Waals surface area contributed by atoms with Crippen LogP contribution < -0.4 is 16.4 Å². The molecule has 1 aliphatic carbocycles. The third-order valence-corrected chi connectivity index (χ3v) is 4.85. The summed E-state index contributed by atoms with van der Waals surface area (Å²) in [6, 6.07) is 6.70. The molecule has 0 unspecified atom stereocenters. The first-order valence-corrected chi connectivity index (χ1v) is 8.43. The number of nitrogens with two attached hydrogens (primary N) is 2. The summed E-state index contributed by atoms with van der Waals surface area (Å²) in [5, 5.41) is 0. The van der Waals surface area contributed by atoms with E-state index in [1.165, 1.54) is 0 Å². The number of halogens is 1. The number of carbonyl (C=O) groups excluding carboxylic acids is 1. The molecule has 1 amide bonds. The van der Waals surface area contributed by atoms with E-state index in [0.29, 0.717) is 17.6 Å². The predicted octanol–water partition coefficient (Wildman–Crippen LogP) is 3.03. The average molecular weight is 354 g/mol. The minimum Gasteiger partial charge on any atom is -0.369 e. The monoisotopic (exact) mass is 353 g/mol. The first-order valence-electron chi connectivity index (χ1n) is 7.64. The van der Waals surface area contributed by atoms with Crippen LogP contribution in [-0.2, 0) is 0 Å². The molecule has 4 nitrogen and oxygen atoms in total. The molecule has 0 bridgehead atoms. The van der Waals surface area contributed by atoms with Gasteiger partial charge in [-0.2, -0.15) is 0 Å². The first kappa shape index (κ1) is 16.3. The zero-order chi connectivity index (χ0) is 15.4. The van der Waals surface area contributed by atoms with Crippen LogP contribution in [-0.4, -0.2) is 24.5 Å². The highest BCUT2D eigenvalue weighted by atomic mass is 79.9. The van der Waals surface area contributed by atoms with E-state index in [-0.39, 0.29) is 0 Å². The summed E-state index contributed by atoms with van der Waals surface area (Å²) in [6.07, 6.45) is 5.54. The van der Waals surface area contributed by atoms with Crippen molar-refractivity contribution in [2.24, 2.45) is 11.5 Å². The van der Waals surface area contributed by atoms with Crippen LogP contribution in [0.25, 0.3) is 0 Å². The molecular formula is C16H24BrN3O. The van der Waals surface area contributed by atoms with Gasteiger partial charge >= 0.3 is 0 Å². The summed E-state index contributed by atoms with van der Waals surface area (Å²) >= 11 is 3.45. The van der Waals surface area contributed by atoms with E-state index in [2.05, 4.69) is 27.8 Å². The van der Waals surface area contributed by atoms with Crippen LogP contribution in [0.15, 0.2) is 22.7 Å². The topological polar surface area (TPSA) is 72.3 Å². The van der Waals surface area contributed by atoms with Crippen molar-refractivity contribution in [3.63, 3.8) is 0 Å². The highest BCUT2D eigenvalue weighted by molar-refractivity contribution is 9.10. The van der Waals surface area contributed by atoms with Gasteiger partial charge in [0.1, 0.15) is 0 Å². The van der Waals surface area contributed by atoms with Gasteiger partial charge in [0.25, 0.3) is 0 Å². The number of carbonyl (C=O) groups is 1. The molecule has 1 aliphatic rings. The number of primary amides is 1. The van der Waals surface area contributed by atoms with E-state index < -0.39 is 5.91 Å². The van der Waals surface area contributed by atoms with Gasteiger partial charge in [0, 0.05) is 28.8 Å². The molecule has 0 spiro atoms. The van der Waals surface area contributed by atoms with Gasteiger partial charge in [-0.25, -0.2) is 0 Å². The van der Waals surface area contributed by atoms with Crippen molar-refractivity contribution < 1.29 is 4.79 Å². The molecule has 4 N–H and O–H groups in total. The van der Waals surface area contributed by atoms with Gasteiger partial charge in [-0.05, 0) is 66.2 Å². The minimum absolute atomic E-state index is 0.355. The summed E-state index contributed by atoms with van der Waals surface area (Å²) in [7, 11) is 0. The summed E-state index contributed by atoms with van der Waals surface area (Å²) in [6.45, 7) is 3.21. The third-order valence-electron chi connectivity index (χ3n) is 4.20. The fourth-order valence-electron chi connectivity index (χ4n) is 3.06. The number of hydrogen-bond donors (Lipinski definition) is 2. The molecule has 0 aromatic heterocycles. The van der Waals surface area contributed by atoms with Crippen molar-refractivity contribution in [1.29, 1.82) is 0 Å². The third kappa shape index (κ3) is 3.98. The number of rotatable bonds is 5. The fraction of sp³-hybridized carbons (Fsp3) is 0.562. The quantitative estimate of drug-likeness (QED) is 0.854. The maximum Gasteiger partial charge on any atom is 0.249 e. The molecule has 5 heteroatoms. The van der Waals surface area contributed by atoms with E-state index in [4.69, 9.17) is 11.5 Å². The Morgan fingerprint density at radius 1 is 1.33 bits per heavy atom. The molecule has 0 atom stereocenters. The molecule has 1 saturated carbocycles. The SMILES string of the molecule is CCCN(c1ccc(C(N)=O)c(Br)c1)C1CCC(N)CC1. The normalized spacial score (nSPS) is 22.0. The maximum absolute atomic E-state index is 11.3. The second kappa shape index (κ2) is 7.27. The Labute approximate surface area is 135 Å². The molecule has 0 saturated heterocycles. The van der Waals surface area contributed by atoms with Crippen LogP contribution in [0.3, 0.4) is 0 Å². The molecule has 1 fully saturated rings. The molecule has 116 valence electrons. The molecular weight excluding hydrogens is 330 g/mol. The summed E-state index contributed by atoms with van der Waals surface area (Å²) < 4.78 is 0.765. The lowest BCUT2D eigenvalue weighted by molar-refractivity contribution is 0.0999. The lowest BCUT2D eigenvalue weighted by Crippen LogP contribution is -2.41. The van der Waals surface area contributed by atoms with Crippen LogP contribution in [0.4, 0.5) is 5.69 Å². The van der Waals surface area contributed by atoms with Crippen molar-refractivity contribution in [1.82, 2.24) is 0 Å². The van der Waals surface area contributed by atoms with Gasteiger partial charge in [-0.15, -0.1) is 0 Å². The fourth-order valence-corrected chi connectivity index (χ4v) is 3.62. The smallest absolute Gasteiger partial charge is 0.249 e. The van der Waals surface area contributed by atoms with E-state index in [9.17, 15) is 4.79 Å². The van der Waals surface area contributed by atoms with Gasteiger partial charge in [0.15, 0.2) is 0 Å². The molecule has 1 aromatic rings. The van der Waals surface area contributed by atoms with Crippen LogP contribution in [0, 0.1) is 0 Å². The van der Waals surface area contributed by atoms with E-state index >= 15 is 0 Å². The second-order valence-electron chi connectivity index (χ2n) is 5.79. The molecule has 0 heterocycles. The van der Waals surface area contributed by atoms with Crippen LogP contribution >= 0.6 is 15.9 Å². The minimum atomic E-state index is -0.404. The predicted molar refractivity (Wildman–Crippen MR) is 90.5 cm³/mol. The largest absolute Gasteiger partial charge is 0.369 e. The van der Waals surface area contributed by atoms with Gasteiger partial charge in [0.05, 0.1) is 5.56 Å². The average Bonchev–Trinajstić information content (AvgIpc) is 2.45. The molecule has 21 heavy (non-hydrogen) atoms. The van der Waals surface area contributed by atoms with Gasteiger partial charge < -0.3 is 16.4 Å². The molecule has 0 radical (unpaired) electrons. The Hall–Kier alpha value is -1.07. The first-order chi connectivity index (χ1) is 10.0. The highest BCUT2D eigenvalue weighted by Crippen LogP contribution is 2.30. The highest BCUT2D eigenvalue weighted by Gasteiger charge is 2.24. The summed E-state index contributed by atoms with van der Waals surface area (Å²) in [5.74, 6) is -0.404. The zero-order valence-electron chi connectivity index (χ0n) is 12.5. The van der Waals surface area contributed by atoms with Crippen molar-refractivity contribution >= 4 is 27.5 Å². The number of hydrogen-bond acceptors (Lipinski definition) is 3. The number of benzene rings is 1. The van der Waals surface area contributed by atoms with E-state index in [0.717, 1.165) is 48.8 Å². The number of nitrogens with zero attached hydrogens (tertiary/aromatic N) is 1. The van der Waals surface area contributed by atoms with Crippen molar-refractivity contribution in [3.05, 3.63) is 28.2 Å². The van der Waals surface area contributed by atoms with Gasteiger partial charge in [-0.1, -0.05) is 6.92 Å². The lowest BCUT2D eigenvalue weighted by atomic mass is 9.90. The Morgan fingerprint density at radius 3 is 2.52 bits per heavy atom. The molecule has 1 aromatic carbocycles. The lowest BCUT2D eigenvalue weighted by Gasteiger charge is -2.37. The Morgan fingerprint density at radius 2 is 2.00 bits per heavy atom. The Kier molecular flexibility index (Phi) is 5.65. The van der Waals surface area contributed by atoms with E-state index in [1.807, 2.05) is 12.1 Å². The van der Waals surface area contributed by atoms with Crippen LogP contribution in [0.5, 0.6) is 0 Å². The van der Waals surface area contributed by atoms with Gasteiger partial charge in [-0.3, -0.25) is 4.79 Å². The van der Waals surface area contributed by atoms with Crippen molar-refractivity contribution in [2.75, 3.05) is 11.4 Å². The standard InChI is InChI=1S/C16H24BrN3O/c1-2-9-20(12-5-3-11(18)4-6-12)13-7-8-14(16(19)21)15(17)10-13/h7-8,10-12H,2-6,9,18H2,1H3,(H2,19,21). The summed E-state index contributed by atoms with van der Waals surface area (Å²) in [5.41, 5.74) is 13.0. The van der Waals surface area contributed by atoms with E-state index in [1.54, 1.807) is 6.07 Å². The number of anilines is 1. The Balaban J connectivity index is 2.21. The van der Waals surface area contributed by atoms with Gasteiger partial charge in [0.2, 0.25) is 5.91 Å². The Bertz CT molecular complexity index is 498. The van der Waals surface area contributed by atoms with Crippen molar-refractivity contribution in [3.8, 4) is 0 Å². The molecule has 0 aliphatic heterocycles. The maximum atomic E-state index is 11.3. The van der Waals surface area contributed by atoms with Crippen molar-refractivity contribution in [2.45, 2.75) is 51.1 Å².